The summed E-state index contributed by atoms with van der Waals surface area (Å²) in [4.78, 5) is 20.0. The van der Waals surface area contributed by atoms with E-state index in [4.69, 9.17) is 0 Å². The summed E-state index contributed by atoms with van der Waals surface area (Å²) in [6.45, 7) is 7.13. The van der Waals surface area contributed by atoms with E-state index in [1.54, 1.807) is 28.8 Å². The summed E-state index contributed by atoms with van der Waals surface area (Å²) in [6.07, 6.45) is 5.10. The number of hydrogen-bond acceptors (Lipinski definition) is 3. The van der Waals surface area contributed by atoms with Gasteiger partial charge in [-0.3, -0.25) is 4.79 Å². The van der Waals surface area contributed by atoms with E-state index in [-0.39, 0.29) is 17.8 Å². The third kappa shape index (κ3) is 4.52. The minimum atomic E-state index is -0.356. The van der Waals surface area contributed by atoms with Crippen LogP contribution in [0.5, 0.6) is 0 Å². The highest BCUT2D eigenvalue weighted by molar-refractivity contribution is 9.10. The van der Waals surface area contributed by atoms with E-state index < -0.39 is 0 Å². The maximum Gasteiger partial charge on any atom is 0.272 e. The Morgan fingerprint density at radius 3 is 2.84 bits per heavy atom. The lowest BCUT2D eigenvalue weighted by Crippen LogP contribution is -2.38. The Labute approximate surface area is 190 Å². The lowest BCUT2D eigenvalue weighted by atomic mass is 10.1. The summed E-state index contributed by atoms with van der Waals surface area (Å²) in [5.74, 6) is -0.00906. The second kappa shape index (κ2) is 9.07. The van der Waals surface area contributed by atoms with Crippen LogP contribution in [0.15, 0.2) is 34.8 Å². The molecule has 0 radical (unpaired) electrons. The van der Waals surface area contributed by atoms with Crippen LogP contribution in [0.2, 0.25) is 0 Å². The molecule has 4 rings (SSSR count). The van der Waals surface area contributed by atoms with Crippen LogP contribution in [0.4, 0.5) is 4.39 Å². The number of fused-ring (bicyclic) bond motifs is 1. The molecule has 1 amide bonds. The lowest BCUT2D eigenvalue weighted by molar-refractivity contribution is 0.0691. The van der Waals surface area contributed by atoms with Gasteiger partial charge in [-0.1, -0.05) is 32.8 Å². The smallest absolute Gasteiger partial charge is 0.272 e. The minimum Gasteiger partial charge on any atom is -0.335 e. The first-order chi connectivity index (χ1) is 14.8. The molecule has 1 unspecified atom stereocenters. The highest BCUT2D eigenvalue weighted by atomic mass is 79.9. The zero-order valence-electron chi connectivity index (χ0n) is 18.2. The van der Waals surface area contributed by atoms with Gasteiger partial charge in [0.15, 0.2) is 5.65 Å². The number of amides is 1. The van der Waals surface area contributed by atoms with Gasteiger partial charge < -0.3 is 4.90 Å². The Kier molecular flexibility index (Phi) is 6.42. The number of rotatable bonds is 4. The van der Waals surface area contributed by atoms with Crippen molar-refractivity contribution >= 4 is 27.5 Å². The Morgan fingerprint density at radius 1 is 1.26 bits per heavy atom. The first-order valence-electron chi connectivity index (χ1n) is 11.0. The first kappa shape index (κ1) is 21.9. The van der Waals surface area contributed by atoms with Gasteiger partial charge in [0.25, 0.3) is 5.91 Å². The second-order valence-corrected chi connectivity index (χ2v) is 9.68. The van der Waals surface area contributed by atoms with Crippen LogP contribution in [0.25, 0.3) is 16.9 Å². The average Bonchev–Trinajstić information content (AvgIpc) is 3.04. The van der Waals surface area contributed by atoms with E-state index in [0.717, 1.165) is 44.3 Å². The number of aromatic nitrogens is 3. The van der Waals surface area contributed by atoms with Crippen LogP contribution in [0.3, 0.4) is 0 Å². The van der Waals surface area contributed by atoms with Crippen molar-refractivity contribution in [2.75, 3.05) is 6.54 Å². The van der Waals surface area contributed by atoms with Gasteiger partial charge in [-0.25, -0.2) is 13.9 Å². The predicted molar refractivity (Wildman–Crippen MR) is 124 cm³/mol. The molecule has 3 heterocycles. The van der Waals surface area contributed by atoms with E-state index >= 15 is 0 Å². The number of halogens is 2. The molecule has 3 aromatic rings. The summed E-state index contributed by atoms with van der Waals surface area (Å²) in [7, 11) is 0. The Hall–Kier alpha value is -2.28. The highest BCUT2D eigenvalue weighted by Crippen LogP contribution is 2.28. The molecule has 0 saturated carbocycles. The Bertz CT molecular complexity index is 1110. The van der Waals surface area contributed by atoms with E-state index in [1.165, 1.54) is 0 Å². The minimum absolute atomic E-state index is 0.0294. The van der Waals surface area contributed by atoms with Crippen molar-refractivity contribution in [1.29, 1.82) is 0 Å². The van der Waals surface area contributed by atoms with Crippen LogP contribution in [0.1, 0.15) is 62.6 Å². The Morgan fingerprint density at radius 2 is 2.06 bits per heavy atom. The van der Waals surface area contributed by atoms with Crippen molar-refractivity contribution in [2.45, 2.75) is 58.9 Å². The number of nitrogens with zero attached hydrogens (tertiary/aromatic N) is 4. The van der Waals surface area contributed by atoms with Gasteiger partial charge in [0.2, 0.25) is 0 Å². The Balaban J connectivity index is 1.80. The van der Waals surface area contributed by atoms with Crippen LogP contribution in [-0.2, 0) is 6.42 Å². The standard InChI is InChI=1S/C24H28BrFN4O/c1-15(2)12-17-13-21(24(31)29-11-6-4-5-8-16(29)3)27-22-14-20(28-30(17)22)18-9-7-10-19(25)23(18)26/h7,9-10,13-16H,4-6,8,11-12H2,1-3H3. The molecule has 164 valence electrons. The van der Waals surface area contributed by atoms with Crippen LogP contribution in [0, 0.1) is 11.7 Å². The third-order valence-electron chi connectivity index (χ3n) is 5.88. The zero-order valence-corrected chi connectivity index (χ0v) is 19.8. The molecule has 0 N–H and O–H groups in total. The fourth-order valence-corrected chi connectivity index (χ4v) is 4.63. The molecule has 1 aliphatic rings. The van der Waals surface area contributed by atoms with E-state index in [2.05, 4.69) is 46.8 Å². The van der Waals surface area contributed by atoms with Gasteiger partial charge in [0.1, 0.15) is 11.5 Å². The monoisotopic (exact) mass is 486 g/mol. The normalized spacial score (nSPS) is 17.4. The van der Waals surface area contributed by atoms with Crippen LogP contribution >= 0.6 is 15.9 Å². The maximum absolute atomic E-state index is 14.7. The summed E-state index contributed by atoms with van der Waals surface area (Å²) >= 11 is 3.25. The van der Waals surface area contributed by atoms with E-state index in [9.17, 15) is 9.18 Å². The molecule has 1 saturated heterocycles. The predicted octanol–water partition coefficient (Wildman–Crippen LogP) is 5.90. The molecule has 7 heteroatoms. The summed E-state index contributed by atoms with van der Waals surface area (Å²) in [6, 6.07) is 8.98. The van der Waals surface area contributed by atoms with Crippen LogP contribution < -0.4 is 0 Å². The summed E-state index contributed by atoms with van der Waals surface area (Å²) in [5.41, 5.74) is 2.83. The fourth-order valence-electron chi connectivity index (χ4n) is 4.27. The number of benzene rings is 1. The number of carbonyl (C=O) groups excluding carboxylic acids is 1. The van der Waals surface area contributed by atoms with Crippen molar-refractivity contribution in [1.82, 2.24) is 19.5 Å². The molecule has 1 fully saturated rings. The van der Waals surface area contributed by atoms with Gasteiger partial charge in [-0.05, 0) is 66.2 Å². The van der Waals surface area contributed by atoms with Gasteiger partial charge in [-0.15, -0.1) is 0 Å². The van der Waals surface area contributed by atoms with Gasteiger partial charge in [-0.2, -0.15) is 5.10 Å². The quantitative estimate of drug-likeness (QED) is 0.461. The topological polar surface area (TPSA) is 50.5 Å². The molecule has 0 bridgehead atoms. The van der Waals surface area contributed by atoms with Gasteiger partial charge >= 0.3 is 0 Å². The fraction of sp³-hybridized carbons (Fsp3) is 0.458. The molecule has 31 heavy (non-hydrogen) atoms. The zero-order chi connectivity index (χ0) is 22.1. The summed E-state index contributed by atoms with van der Waals surface area (Å²) < 4.78 is 16.8. The van der Waals surface area contributed by atoms with Crippen molar-refractivity contribution in [3.05, 3.63) is 52.0 Å². The lowest BCUT2D eigenvalue weighted by Gasteiger charge is -2.27. The van der Waals surface area contributed by atoms with Gasteiger partial charge in [0.05, 0.1) is 10.2 Å². The van der Waals surface area contributed by atoms with E-state index in [1.807, 2.05) is 11.0 Å². The number of hydrogen-bond donors (Lipinski definition) is 0. The van der Waals surface area contributed by atoms with Gasteiger partial charge in [0, 0.05) is 29.9 Å². The second-order valence-electron chi connectivity index (χ2n) is 8.83. The molecule has 1 aromatic carbocycles. The third-order valence-corrected chi connectivity index (χ3v) is 6.49. The van der Waals surface area contributed by atoms with E-state index in [0.29, 0.717) is 33.0 Å². The van der Waals surface area contributed by atoms with Crippen molar-refractivity contribution in [2.24, 2.45) is 5.92 Å². The maximum atomic E-state index is 14.7. The molecule has 1 atom stereocenters. The largest absolute Gasteiger partial charge is 0.335 e. The number of carbonyl (C=O) groups is 1. The average molecular weight is 487 g/mol. The molecular formula is C24H28BrFN4O. The molecule has 0 aliphatic carbocycles. The SMILES string of the molecule is CC(C)Cc1cc(C(=O)N2CCCCCC2C)nc2cc(-c3cccc(Br)c3F)nn12. The molecule has 2 aromatic heterocycles. The van der Waals surface area contributed by atoms with Crippen molar-refractivity contribution in [3.63, 3.8) is 0 Å². The van der Waals surface area contributed by atoms with Crippen LogP contribution in [-0.4, -0.2) is 38.0 Å². The van der Waals surface area contributed by atoms with Crippen molar-refractivity contribution in [3.8, 4) is 11.3 Å². The highest BCUT2D eigenvalue weighted by Gasteiger charge is 2.25. The number of likely N-dealkylation sites (tertiary alicyclic amines) is 1. The molecule has 0 spiro atoms. The molecular weight excluding hydrogens is 459 g/mol. The molecule has 1 aliphatic heterocycles. The first-order valence-corrected chi connectivity index (χ1v) is 11.8. The summed E-state index contributed by atoms with van der Waals surface area (Å²) in [5, 5.41) is 4.65. The molecule has 5 nitrogen and oxygen atoms in total. The van der Waals surface area contributed by atoms with Crippen molar-refractivity contribution < 1.29 is 9.18 Å².